The van der Waals surface area contributed by atoms with Crippen molar-refractivity contribution in [3.8, 4) is 5.75 Å². The maximum Gasteiger partial charge on any atom is 0.248 e. The van der Waals surface area contributed by atoms with Crippen molar-refractivity contribution in [3.05, 3.63) is 29.8 Å². The third-order valence-corrected chi connectivity index (χ3v) is 2.72. The van der Waals surface area contributed by atoms with Crippen LogP contribution in [0, 0.1) is 0 Å². The number of carbonyl (C=O) groups is 1. The highest BCUT2D eigenvalue weighted by Crippen LogP contribution is 2.13. The molecular weight excluding hydrogens is 256 g/mol. The van der Waals surface area contributed by atoms with Crippen LogP contribution in [0.25, 0.3) is 0 Å². The van der Waals surface area contributed by atoms with Crippen LogP contribution in [0.3, 0.4) is 0 Å². The van der Waals surface area contributed by atoms with Crippen LogP contribution in [-0.2, 0) is 16.1 Å². The highest BCUT2D eigenvalue weighted by Gasteiger charge is 2.17. The maximum absolute atomic E-state index is 11.8. The molecular formula is C15H24N2O3. The molecule has 5 heteroatoms. The Kier molecular flexibility index (Phi) is 5.98. The van der Waals surface area contributed by atoms with Crippen LogP contribution >= 0.6 is 0 Å². The van der Waals surface area contributed by atoms with Gasteiger partial charge in [0.2, 0.25) is 5.91 Å². The monoisotopic (exact) mass is 280 g/mol. The fourth-order valence-corrected chi connectivity index (χ4v) is 1.52. The molecule has 0 saturated carbocycles. The lowest BCUT2D eigenvalue weighted by Gasteiger charge is -2.21. The maximum atomic E-state index is 11.8. The molecule has 0 aromatic heterocycles. The summed E-state index contributed by atoms with van der Waals surface area (Å²) in [4.78, 5) is 11.8. The Bertz CT molecular complexity index is 441. The number of ether oxygens (including phenoxy) is 2. The van der Waals surface area contributed by atoms with E-state index in [1.165, 1.54) is 0 Å². The number of nitrogens with two attached hydrogens (primary N) is 1. The number of nitrogens with one attached hydrogen (secondary N) is 1. The van der Waals surface area contributed by atoms with E-state index in [1.54, 1.807) is 14.0 Å². The van der Waals surface area contributed by atoms with Gasteiger partial charge in [-0.15, -0.1) is 0 Å². The van der Waals surface area contributed by atoms with Crippen molar-refractivity contribution < 1.29 is 14.3 Å². The average molecular weight is 280 g/mol. The molecule has 1 unspecified atom stereocenters. The summed E-state index contributed by atoms with van der Waals surface area (Å²) in [7, 11) is 1.62. The van der Waals surface area contributed by atoms with E-state index in [1.807, 2.05) is 38.1 Å². The molecule has 0 fully saturated rings. The van der Waals surface area contributed by atoms with Crippen LogP contribution < -0.4 is 15.8 Å². The first-order chi connectivity index (χ1) is 9.31. The zero-order valence-electron chi connectivity index (χ0n) is 12.6. The summed E-state index contributed by atoms with van der Waals surface area (Å²) in [6.07, 6.45) is -0.524. The number of carbonyl (C=O) groups excluding carboxylic acids is 1. The number of hydrogen-bond donors (Lipinski definition) is 2. The molecule has 0 saturated heterocycles. The van der Waals surface area contributed by atoms with E-state index in [4.69, 9.17) is 15.2 Å². The Labute approximate surface area is 120 Å². The number of rotatable bonds is 7. The molecule has 0 aliphatic rings. The van der Waals surface area contributed by atoms with Gasteiger partial charge in [-0.05, 0) is 38.5 Å². The van der Waals surface area contributed by atoms with Gasteiger partial charge in [0.05, 0.1) is 13.7 Å². The van der Waals surface area contributed by atoms with Crippen molar-refractivity contribution in [3.63, 3.8) is 0 Å². The minimum atomic E-state index is -0.524. The third kappa shape index (κ3) is 6.04. The lowest BCUT2D eigenvalue weighted by molar-refractivity contribution is -0.132. The van der Waals surface area contributed by atoms with E-state index < -0.39 is 11.6 Å². The SMILES string of the molecule is COc1cccc(COC(C)C(=O)NCC(C)(C)N)c1. The molecule has 0 bridgehead atoms. The number of amides is 1. The van der Waals surface area contributed by atoms with Gasteiger partial charge < -0.3 is 20.5 Å². The van der Waals surface area contributed by atoms with E-state index in [9.17, 15) is 4.79 Å². The summed E-state index contributed by atoms with van der Waals surface area (Å²) < 4.78 is 10.7. The van der Waals surface area contributed by atoms with Gasteiger partial charge >= 0.3 is 0 Å². The fourth-order valence-electron chi connectivity index (χ4n) is 1.52. The van der Waals surface area contributed by atoms with Crippen LogP contribution in [0.5, 0.6) is 5.75 Å². The zero-order chi connectivity index (χ0) is 15.2. The third-order valence-electron chi connectivity index (χ3n) is 2.72. The van der Waals surface area contributed by atoms with Crippen LogP contribution in [0.15, 0.2) is 24.3 Å². The van der Waals surface area contributed by atoms with Crippen molar-refractivity contribution in [2.45, 2.75) is 39.0 Å². The molecule has 20 heavy (non-hydrogen) atoms. The standard InChI is InChI=1S/C15H24N2O3/c1-11(14(18)17-10-15(2,3)16)20-9-12-6-5-7-13(8-12)19-4/h5-8,11H,9-10,16H2,1-4H3,(H,17,18). The van der Waals surface area contributed by atoms with E-state index in [-0.39, 0.29) is 5.91 Å². The molecule has 1 aromatic rings. The molecule has 0 aliphatic carbocycles. The Morgan fingerprint density at radius 3 is 2.75 bits per heavy atom. The number of hydrogen-bond acceptors (Lipinski definition) is 4. The van der Waals surface area contributed by atoms with E-state index >= 15 is 0 Å². The van der Waals surface area contributed by atoms with Gasteiger partial charge in [-0.3, -0.25) is 4.79 Å². The van der Waals surface area contributed by atoms with Crippen molar-refractivity contribution >= 4 is 5.91 Å². The molecule has 0 heterocycles. The van der Waals surface area contributed by atoms with Gasteiger partial charge in [-0.25, -0.2) is 0 Å². The van der Waals surface area contributed by atoms with Crippen molar-refractivity contribution in [1.82, 2.24) is 5.32 Å². The summed E-state index contributed by atoms with van der Waals surface area (Å²) in [6, 6.07) is 7.56. The molecule has 0 radical (unpaired) electrons. The summed E-state index contributed by atoms with van der Waals surface area (Å²) in [5.41, 5.74) is 6.34. The summed E-state index contributed by atoms with van der Waals surface area (Å²) in [5.74, 6) is 0.611. The molecule has 5 nitrogen and oxygen atoms in total. The molecule has 1 amide bonds. The average Bonchev–Trinajstić information content (AvgIpc) is 2.41. The lowest BCUT2D eigenvalue weighted by Crippen LogP contribution is -2.47. The smallest absolute Gasteiger partial charge is 0.248 e. The van der Waals surface area contributed by atoms with Gasteiger partial charge in [0.25, 0.3) is 0 Å². The Balaban J connectivity index is 2.42. The molecule has 1 aromatic carbocycles. The summed E-state index contributed by atoms with van der Waals surface area (Å²) >= 11 is 0. The molecule has 112 valence electrons. The van der Waals surface area contributed by atoms with Gasteiger partial charge in [0.1, 0.15) is 11.9 Å². The van der Waals surface area contributed by atoms with Gasteiger partial charge in [-0.1, -0.05) is 12.1 Å². The van der Waals surface area contributed by atoms with E-state index in [0.717, 1.165) is 11.3 Å². The highest BCUT2D eigenvalue weighted by molar-refractivity contribution is 5.80. The Morgan fingerprint density at radius 2 is 2.15 bits per heavy atom. The first-order valence-electron chi connectivity index (χ1n) is 6.63. The summed E-state index contributed by atoms with van der Waals surface area (Å²) in [5, 5.41) is 2.77. The predicted octanol–water partition coefficient (Wildman–Crippen LogP) is 1.45. The second-order valence-corrected chi connectivity index (χ2v) is 5.51. The molecule has 3 N–H and O–H groups in total. The fraction of sp³-hybridized carbons (Fsp3) is 0.533. The quantitative estimate of drug-likeness (QED) is 0.793. The summed E-state index contributed by atoms with van der Waals surface area (Å²) in [6.45, 7) is 6.21. The van der Waals surface area contributed by atoms with E-state index in [0.29, 0.717) is 13.2 Å². The molecule has 0 aliphatic heterocycles. The zero-order valence-corrected chi connectivity index (χ0v) is 12.6. The largest absolute Gasteiger partial charge is 0.497 e. The van der Waals surface area contributed by atoms with Crippen LogP contribution in [-0.4, -0.2) is 31.2 Å². The number of methoxy groups -OCH3 is 1. The van der Waals surface area contributed by atoms with Crippen molar-refractivity contribution in [2.24, 2.45) is 5.73 Å². The van der Waals surface area contributed by atoms with Crippen molar-refractivity contribution in [1.29, 1.82) is 0 Å². The molecule has 1 rings (SSSR count). The second-order valence-electron chi connectivity index (χ2n) is 5.51. The first-order valence-corrected chi connectivity index (χ1v) is 6.63. The van der Waals surface area contributed by atoms with Crippen LogP contribution in [0.2, 0.25) is 0 Å². The first kappa shape index (κ1) is 16.5. The minimum absolute atomic E-state index is 0.161. The van der Waals surface area contributed by atoms with Crippen molar-refractivity contribution in [2.75, 3.05) is 13.7 Å². The molecule has 1 atom stereocenters. The van der Waals surface area contributed by atoms with E-state index in [2.05, 4.69) is 5.32 Å². The van der Waals surface area contributed by atoms with Gasteiger partial charge in [0.15, 0.2) is 0 Å². The van der Waals surface area contributed by atoms with Gasteiger partial charge in [-0.2, -0.15) is 0 Å². The Morgan fingerprint density at radius 1 is 1.45 bits per heavy atom. The van der Waals surface area contributed by atoms with Crippen LogP contribution in [0.4, 0.5) is 0 Å². The number of benzene rings is 1. The van der Waals surface area contributed by atoms with Gasteiger partial charge in [0, 0.05) is 12.1 Å². The topological polar surface area (TPSA) is 73.6 Å². The lowest BCUT2D eigenvalue weighted by atomic mass is 10.1. The minimum Gasteiger partial charge on any atom is -0.497 e. The normalized spacial score (nSPS) is 12.8. The highest BCUT2D eigenvalue weighted by atomic mass is 16.5. The second kappa shape index (κ2) is 7.26. The molecule has 0 spiro atoms. The van der Waals surface area contributed by atoms with Crippen LogP contribution in [0.1, 0.15) is 26.3 Å². The predicted molar refractivity (Wildman–Crippen MR) is 78.5 cm³/mol. The Hall–Kier alpha value is -1.59.